The normalized spacial score (nSPS) is 19.0. The van der Waals surface area contributed by atoms with Crippen LogP contribution in [0.15, 0.2) is 35.4 Å². The lowest BCUT2D eigenvalue weighted by Gasteiger charge is -2.39. The molecule has 2 fully saturated rings. The van der Waals surface area contributed by atoms with Crippen LogP contribution in [0.5, 0.6) is 0 Å². The van der Waals surface area contributed by atoms with E-state index in [1.807, 2.05) is 36.8 Å². The Labute approximate surface area is 192 Å². The number of anilines is 1. The molecule has 4 aromatic heterocycles. The Kier molecular flexibility index (Phi) is 4.72. The largest absolute Gasteiger partial charge is 0.367 e. The molecule has 0 bridgehead atoms. The van der Waals surface area contributed by atoms with E-state index < -0.39 is 0 Å². The van der Waals surface area contributed by atoms with Gasteiger partial charge in [0.15, 0.2) is 0 Å². The molecule has 8 heteroatoms. The second-order valence-corrected chi connectivity index (χ2v) is 9.37. The summed E-state index contributed by atoms with van der Waals surface area (Å²) in [7, 11) is 0. The van der Waals surface area contributed by atoms with Crippen LogP contribution in [0.3, 0.4) is 0 Å². The lowest BCUT2D eigenvalue weighted by Crippen LogP contribution is -2.50. The quantitative estimate of drug-likeness (QED) is 0.485. The van der Waals surface area contributed by atoms with Gasteiger partial charge >= 0.3 is 0 Å². The van der Waals surface area contributed by atoms with Crippen LogP contribution in [0.25, 0.3) is 22.6 Å². The van der Waals surface area contributed by atoms with Gasteiger partial charge in [-0.15, -0.1) is 0 Å². The summed E-state index contributed by atoms with van der Waals surface area (Å²) < 4.78 is 3.53. The number of aromatic nitrogens is 5. The molecular weight excluding hydrogens is 414 g/mol. The summed E-state index contributed by atoms with van der Waals surface area (Å²) in [6.07, 6.45) is 7.24. The number of rotatable bonds is 3. The van der Waals surface area contributed by atoms with Gasteiger partial charge in [-0.1, -0.05) is 6.92 Å². The molecule has 0 aliphatic carbocycles. The predicted molar refractivity (Wildman–Crippen MR) is 129 cm³/mol. The van der Waals surface area contributed by atoms with Crippen molar-refractivity contribution >= 4 is 16.9 Å². The third-order valence-electron chi connectivity index (χ3n) is 7.13. The molecule has 0 unspecified atom stereocenters. The molecule has 2 aliphatic heterocycles. The first-order chi connectivity index (χ1) is 16.0. The summed E-state index contributed by atoms with van der Waals surface area (Å²) in [5.41, 5.74) is 6.86. The number of pyridine rings is 1. The number of fused-ring (bicyclic) bond motifs is 3. The maximum Gasteiger partial charge on any atom is 0.258 e. The van der Waals surface area contributed by atoms with E-state index in [2.05, 4.69) is 27.8 Å². The molecule has 0 N–H and O–H groups in total. The summed E-state index contributed by atoms with van der Waals surface area (Å²) in [5, 5.41) is 4.70. The number of hydrogen-bond donors (Lipinski definition) is 0. The first kappa shape index (κ1) is 20.4. The minimum Gasteiger partial charge on any atom is -0.367 e. The topological polar surface area (TPSA) is 71.0 Å². The molecule has 33 heavy (non-hydrogen) atoms. The maximum absolute atomic E-state index is 13.2. The van der Waals surface area contributed by atoms with E-state index in [1.165, 1.54) is 19.4 Å². The predicted octanol–water partition coefficient (Wildman–Crippen LogP) is 2.87. The number of hydrogen-bond acceptors (Lipinski definition) is 6. The molecule has 0 spiro atoms. The zero-order valence-electron chi connectivity index (χ0n) is 19.5. The summed E-state index contributed by atoms with van der Waals surface area (Å²) in [6.45, 7) is 10.4. The standard InChI is InChI=1S/C25H29N7O/c1-4-20-23-11-22(28-32(23)13-17(3)26-20)21-12-24(33)31-15-19(10-16(2)25(31)27-21)30-9-8-29-7-5-6-18(29)14-30/h10-13,15,18H,4-9,14H2,1-3H3/t18-/m0/s1. The van der Waals surface area contributed by atoms with Gasteiger partial charge in [-0.05, 0) is 57.4 Å². The fourth-order valence-electron chi connectivity index (χ4n) is 5.45. The molecule has 0 radical (unpaired) electrons. The molecule has 2 aliphatic rings. The van der Waals surface area contributed by atoms with Crippen LogP contribution in [0.4, 0.5) is 5.69 Å². The monoisotopic (exact) mass is 443 g/mol. The fourth-order valence-corrected chi connectivity index (χ4v) is 5.45. The highest BCUT2D eigenvalue weighted by molar-refractivity contribution is 5.67. The lowest BCUT2D eigenvalue weighted by molar-refractivity contribution is 0.231. The van der Waals surface area contributed by atoms with Crippen molar-refractivity contribution in [3.63, 3.8) is 0 Å². The zero-order chi connectivity index (χ0) is 22.7. The van der Waals surface area contributed by atoms with E-state index in [1.54, 1.807) is 10.5 Å². The number of nitrogens with zero attached hydrogens (tertiary/aromatic N) is 7. The molecule has 6 heterocycles. The van der Waals surface area contributed by atoms with E-state index in [0.717, 1.165) is 54.2 Å². The Morgan fingerprint density at radius 1 is 1.03 bits per heavy atom. The molecule has 1 atom stereocenters. The van der Waals surface area contributed by atoms with Crippen LogP contribution < -0.4 is 10.5 Å². The Hall–Kier alpha value is -3.26. The van der Waals surface area contributed by atoms with Crippen molar-refractivity contribution in [2.24, 2.45) is 0 Å². The number of aryl methyl sites for hydroxylation is 3. The fraction of sp³-hybridized carbons (Fsp3) is 0.440. The van der Waals surface area contributed by atoms with Crippen LogP contribution in [-0.4, -0.2) is 61.1 Å². The van der Waals surface area contributed by atoms with E-state index in [-0.39, 0.29) is 5.56 Å². The molecular formula is C25H29N7O. The average molecular weight is 444 g/mol. The van der Waals surface area contributed by atoms with E-state index >= 15 is 0 Å². The number of piperazine rings is 1. The smallest absolute Gasteiger partial charge is 0.258 e. The molecule has 4 aromatic rings. The first-order valence-corrected chi connectivity index (χ1v) is 11.9. The van der Waals surface area contributed by atoms with Gasteiger partial charge in [0.05, 0.1) is 34.5 Å². The van der Waals surface area contributed by atoms with Gasteiger partial charge in [-0.2, -0.15) is 5.10 Å². The van der Waals surface area contributed by atoms with Crippen molar-refractivity contribution in [3.8, 4) is 11.4 Å². The molecule has 0 aromatic carbocycles. The van der Waals surface area contributed by atoms with Gasteiger partial charge in [0.25, 0.3) is 5.56 Å². The molecule has 2 saturated heterocycles. The maximum atomic E-state index is 13.2. The second-order valence-electron chi connectivity index (χ2n) is 9.37. The van der Waals surface area contributed by atoms with Gasteiger partial charge in [0.1, 0.15) is 11.3 Å². The van der Waals surface area contributed by atoms with Gasteiger partial charge in [-0.25, -0.2) is 9.50 Å². The lowest BCUT2D eigenvalue weighted by atomic mass is 10.1. The van der Waals surface area contributed by atoms with E-state index in [9.17, 15) is 4.79 Å². The summed E-state index contributed by atoms with van der Waals surface area (Å²) >= 11 is 0. The van der Waals surface area contributed by atoms with Crippen molar-refractivity contribution in [1.29, 1.82) is 0 Å². The molecule has 0 amide bonds. The zero-order valence-corrected chi connectivity index (χ0v) is 19.5. The van der Waals surface area contributed by atoms with Crippen LogP contribution in [0.1, 0.15) is 36.7 Å². The third-order valence-corrected chi connectivity index (χ3v) is 7.13. The van der Waals surface area contributed by atoms with Crippen molar-refractivity contribution in [1.82, 2.24) is 28.9 Å². The Balaban J connectivity index is 1.41. The summed E-state index contributed by atoms with van der Waals surface area (Å²) in [4.78, 5) is 27.7. The van der Waals surface area contributed by atoms with Crippen LogP contribution in [0.2, 0.25) is 0 Å². The van der Waals surface area contributed by atoms with Gasteiger partial charge in [-0.3, -0.25) is 19.1 Å². The van der Waals surface area contributed by atoms with Gasteiger partial charge in [0, 0.05) is 37.9 Å². The Morgan fingerprint density at radius 3 is 2.76 bits per heavy atom. The van der Waals surface area contributed by atoms with Crippen LogP contribution >= 0.6 is 0 Å². The highest BCUT2D eigenvalue weighted by atomic mass is 16.1. The first-order valence-electron chi connectivity index (χ1n) is 11.9. The SMILES string of the molecule is CCc1nc(C)cn2nc(-c3cc(=O)n4cc(N5CCN6CCC[C@H]6C5)cc(C)c4n3)cc12. The Morgan fingerprint density at radius 2 is 1.91 bits per heavy atom. The Bertz CT molecular complexity index is 1440. The average Bonchev–Trinajstić information content (AvgIpc) is 3.45. The van der Waals surface area contributed by atoms with Crippen molar-refractivity contribution in [2.75, 3.05) is 31.1 Å². The van der Waals surface area contributed by atoms with Crippen LogP contribution in [0, 0.1) is 13.8 Å². The highest BCUT2D eigenvalue weighted by Crippen LogP contribution is 2.27. The van der Waals surface area contributed by atoms with Crippen molar-refractivity contribution in [3.05, 3.63) is 57.9 Å². The van der Waals surface area contributed by atoms with Crippen LogP contribution in [-0.2, 0) is 6.42 Å². The summed E-state index contributed by atoms with van der Waals surface area (Å²) in [6, 6.07) is 6.38. The van der Waals surface area contributed by atoms with Crippen molar-refractivity contribution in [2.45, 2.75) is 46.1 Å². The van der Waals surface area contributed by atoms with E-state index in [4.69, 9.17) is 10.1 Å². The highest BCUT2D eigenvalue weighted by Gasteiger charge is 2.31. The molecule has 8 nitrogen and oxygen atoms in total. The summed E-state index contributed by atoms with van der Waals surface area (Å²) in [5.74, 6) is 0. The van der Waals surface area contributed by atoms with E-state index in [0.29, 0.717) is 23.1 Å². The molecule has 0 saturated carbocycles. The van der Waals surface area contributed by atoms with Crippen molar-refractivity contribution < 1.29 is 0 Å². The minimum absolute atomic E-state index is 0.0819. The molecule has 6 rings (SSSR count). The molecule has 170 valence electrons. The second kappa shape index (κ2) is 7.66. The minimum atomic E-state index is -0.0819. The third kappa shape index (κ3) is 3.40. The van der Waals surface area contributed by atoms with Gasteiger partial charge < -0.3 is 4.90 Å². The van der Waals surface area contributed by atoms with Gasteiger partial charge in [0.2, 0.25) is 0 Å².